The molecular formula is C20H28N4O2. The Morgan fingerprint density at radius 2 is 2.08 bits per heavy atom. The van der Waals surface area contributed by atoms with Gasteiger partial charge in [0.05, 0.1) is 30.4 Å². The van der Waals surface area contributed by atoms with Gasteiger partial charge in [0.25, 0.3) is 0 Å². The number of guanidine groups is 1. The fraction of sp³-hybridized carbons (Fsp3) is 0.600. The lowest BCUT2D eigenvalue weighted by atomic mass is 10.1. The van der Waals surface area contributed by atoms with Crippen LogP contribution in [0.25, 0.3) is 0 Å². The first-order valence-corrected chi connectivity index (χ1v) is 9.46. The molecule has 3 rings (SSSR count). The molecule has 1 unspecified atom stereocenters. The fourth-order valence-electron chi connectivity index (χ4n) is 3.46. The highest BCUT2D eigenvalue weighted by molar-refractivity contribution is 5.79. The zero-order valence-corrected chi connectivity index (χ0v) is 15.5. The van der Waals surface area contributed by atoms with E-state index in [4.69, 9.17) is 14.7 Å². The quantitative estimate of drug-likeness (QED) is 0.647. The zero-order valence-electron chi connectivity index (χ0n) is 15.5. The van der Waals surface area contributed by atoms with Crippen LogP contribution >= 0.6 is 0 Å². The lowest BCUT2D eigenvalue weighted by molar-refractivity contribution is -0.0367. The highest BCUT2D eigenvalue weighted by atomic mass is 16.5. The van der Waals surface area contributed by atoms with Gasteiger partial charge in [-0.2, -0.15) is 5.26 Å². The van der Waals surface area contributed by atoms with Gasteiger partial charge in [-0.05, 0) is 43.4 Å². The molecule has 2 heterocycles. The van der Waals surface area contributed by atoms with Gasteiger partial charge in [0.1, 0.15) is 0 Å². The van der Waals surface area contributed by atoms with E-state index in [1.807, 2.05) is 31.3 Å². The summed E-state index contributed by atoms with van der Waals surface area (Å²) in [7, 11) is 1.82. The smallest absolute Gasteiger partial charge is 0.193 e. The molecule has 0 amide bonds. The van der Waals surface area contributed by atoms with Gasteiger partial charge in [0.2, 0.25) is 0 Å². The lowest BCUT2D eigenvalue weighted by Crippen LogP contribution is -2.47. The summed E-state index contributed by atoms with van der Waals surface area (Å²) in [6.45, 7) is 4.21. The van der Waals surface area contributed by atoms with Crippen molar-refractivity contribution < 1.29 is 9.47 Å². The number of nitriles is 1. The first kappa shape index (κ1) is 18.7. The molecule has 0 aromatic heterocycles. The summed E-state index contributed by atoms with van der Waals surface area (Å²) in [6, 6.07) is 9.78. The highest BCUT2D eigenvalue weighted by Crippen LogP contribution is 2.18. The second-order valence-corrected chi connectivity index (χ2v) is 6.86. The third-order valence-electron chi connectivity index (χ3n) is 5.03. The molecule has 0 bridgehead atoms. The zero-order chi connectivity index (χ0) is 18.2. The van der Waals surface area contributed by atoms with Crippen LogP contribution in [0, 0.1) is 11.3 Å². The second-order valence-electron chi connectivity index (χ2n) is 6.86. The third kappa shape index (κ3) is 5.20. The minimum Gasteiger partial charge on any atom is -0.376 e. The number of rotatable bonds is 5. The number of piperidine rings is 1. The minimum absolute atomic E-state index is 0.301. The predicted octanol–water partition coefficient (Wildman–Crippen LogP) is 2.29. The minimum atomic E-state index is 0.301. The molecule has 6 heteroatoms. The van der Waals surface area contributed by atoms with Crippen molar-refractivity contribution in [2.24, 2.45) is 4.99 Å². The highest BCUT2D eigenvalue weighted by Gasteiger charge is 2.24. The Balaban J connectivity index is 1.40. The molecule has 1 N–H and O–H groups in total. The van der Waals surface area contributed by atoms with Crippen LogP contribution in [0.1, 0.15) is 36.8 Å². The summed E-state index contributed by atoms with van der Waals surface area (Å²) >= 11 is 0. The van der Waals surface area contributed by atoms with Crippen LogP contribution < -0.4 is 5.32 Å². The number of ether oxygens (including phenoxy) is 2. The molecule has 0 radical (unpaired) electrons. The maximum atomic E-state index is 8.87. The van der Waals surface area contributed by atoms with E-state index in [9.17, 15) is 0 Å². The molecule has 140 valence electrons. The largest absolute Gasteiger partial charge is 0.376 e. The van der Waals surface area contributed by atoms with Crippen LogP contribution in [0.2, 0.25) is 0 Å². The van der Waals surface area contributed by atoms with E-state index < -0.39 is 0 Å². The Morgan fingerprint density at radius 1 is 1.31 bits per heavy atom. The van der Waals surface area contributed by atoms with Crippen LogP contribution in [0.15, 0.2) is 29.3 Å². The lowest BCUT2D eigenvalue weighted by Gasteiger charge is -2.34. The summed E-state index contributed by atoms with van der Waals surface area (Å²) in [6.07, 6.45) is 4.95. The van der Waals surface area contributed by atoms with Gasteiger partial charge in [-0.15, -0.1) is 0 Å². The Kier molecular flexibility index (Phi) is 6.87. The molecule has 6 nitrogen and oxygen atoms in total. The molecule has 1 aromatic rings. The Bertz CT molecular complexity index is 624. The number of likely N-dealkylation sites (tertiary alicyclic amines) is 1. The van der Waals surface area contributed by atoms with Crippen molar-refractivity contribution >= 4 is 5.96 Å². The van der Waals surface area contributed by atoms with E-state index in [-0.39, 0.29) is 0 Å². The predicted molar refractivity (Wildman–Crippen MR) is 101 cm³/mol. The average Bonchev–Trinajstić information content (AvgIpc) is 3.22. The van der Waals surface area contributed by atoms with Crippen molar-refractivity contribution in [2.45, 2.75) is 44.4 Å². The maximum Gasteiger partial charge on any atom is 0.193 e. The molecule has 2 saturated heterocycles. The molecule has 1 atom stereocenters. The summed E-state index contributed by atoms with van der Waals surface area (Å²) in [4.78, 5) is 6.70. The van der Waals surface area contributed by atoms with Gasteiger partial charge in [-0.1, -0.05) is 12.1 Å². The van der Waals surface area contributed by atoms with Crippen molar-refractivity contribution in [1.82, 2.24) is 10.2 Å². The molecule has 26 heavy (non-hydrogen) atoms. The van der Waals surface area contributed by atoms with Gasteiger partial charge in [-0.3, -0.25) is 4.99 Å². The fourth-order valence-corrected chi connectivity index (χ4v) is 3.46. The van der Waals surface area contributed by atoms with Crippen molar-refractivity contribution in [1.29, 1.82) is 5.26 Å². The van der Waals surface area contributed by atoms with Crippen LogP contribution in [0.4, 0.5) is 0 Å². The molecule has 0 aliphatic carbocycles. The first-order valence-electron chi connectivity index (χ1n) is 9.46. The number of aliphatic imine (C=N–C) groups is 1. The molecule has 2 fully saturated rings. The maximum absolute atomic E-state index is 8.87. The van der Waals surface area contributed by atoms with Crippen LogP contribution in [0.5, 0.6) is 0 Å². The number of hydrogen-bond donors (Lipinski definition) is 1. The molecule has 2 aliphatic rings. The van der Waals surface area contributed by atoms with Crippen molar-refractivity contribution in [3.63, 3.8) is 0 Å². The van der Waals surface area contributed by atoms with Gasteiger partial charge in [-0.25, -0.2) is 0 Å². The van der Waals surface area contributed by atoms with Crippen molar-refractivity contribution in [2.75, 3.05) is 33.4 Å². The topological polar surface area (TPSA) is 69.9 Å². The van der Waals surface area contributed by atoms with E-state index in [1.54, 1.807) is 0 Å². The van der Waals surface area contributed by atoms with Gasteiger partial charge in [0.15, 0.2) is 5.96 Å². The third-order valence-corrected chi connectivity index (χ3v) is 5.03. The van der Waals surface area contributed by atoms with E-state index >= 15 is 0 Å². The molecule has 0 spiro atoms. The monoisotopic (exact) mass is 356 g/mol. The SMILES string of the molecule is CN=C(NCc1ccc(C#N)cc1)N1CCC(OCC2CCCO2)CC1. The Morgan fingerprint density at radius 3 is 2.69 bits per heavy atom. The van der Waals surface area contributed by atoms with Crippen molar-refractivity contribution in [3.05, 3.63) is 35.4 Å². The van der Waals surface area contributed by atoms with Crippen molar-refractivity contribution in [3.8, 4) is 6.07 Å². The standard InChI is InChI=1S/C20H28N4O2/c1-22-20(23-14-17-6-4-16(13-21)5-7-17)24-10-8-18(9-11-24)26-15-19-3-2-12-25-19/h4-7,18-19H,2-3,8-12,14-15H2,1H3,(H,22,23). The summed E-state index contributed by atoms with van der Waals surface area (Å²) in [5.74, 6) is 0.923. The number of hydrogen-bond acceptors (Lipinski definition) is 4. The first-order chi connectivity index (χ1) is 12.8. The number of benzene rings is 1. The Hall–Kier alpha value is -2.10. The van der Waals surface area contributed by atoms with Gasteiger partial charge < -0.3 is 19.7 Å². The van der Waals surface area contributed by atoms with Crippen LogP contribution in [0.3, 0.4) is 0 Å². The van der Waals surface area contributed by atoms with E-state index in [0.29, 0.717) is 24.3 Å². The number of nitrogens with one attached hydrogen (secondary N) is 1. The molecule has 2 aliphatic heterocycles. The van der Waals surface area contributed by atoms with Gasteiger partial charge in [0, 0.05) is 33.3 Å². The summed E-state index contributed by atoms with van der Waals surface area (Å²) < 4.78 is 11.7. The van der Waals surface area contributed by atoms with Crippen LogP contribution in [-0.2, 0) is 16.0 Å². The summed E-state index contributed by atoms with van der Waals surface area (Å²) in [5, 5.41) is 12.3. The van der Waals surface area contributed by atoms with Crippen LogP contribution in [-0.4, -0.2) is 56.4 Å². The average molecular weight is 356 g/mol. The number of nitrogens with zero attached hydrogens (tertiary/aromatic N) is 3. The second kappa shape index (κ2) is 9.56. The Labute approximate surface area is 155 Å². The molecule has 0 saturated carbocycles. The van der Waals surface area contributed by atoms with Gasteiger partial charge >= 0.3 is 0 Å². The van der Waals surface area contributed by atoms with E-state index in [1.165, 1.54) is 0 Å². The molecular weight excluding hydrogens is 328 g/mol. The molecule has 1 aromatic carbocycles. The summed E-state index contributed by atoms with van der Waals surface area (Å²) in [5.41, 5.74) is 1.82. The van der Waals surface area contributed by atoms with E-state index in [0.717, 1.165) is 63.5 Å². The van der Waals surface area contributed by atoms with E-state index in [2.05, 4.69) is 21.3 Å². The normalized spacial score (nSPS) is 21.6.